The first kappa shape index (κ1) is 45.2. The van der Waals surface area contributed by atoms with E-state index < -0.39 is 0 Å². The summed E-state index contributed by atoms with van der Waals surface area (Å²) in [6, 6.07) is 83.1. The molecule has 6 aliphatic heterocycles. The molecule has 384 valence electrons. The zero-order valence-corrected chi connectivity index (χ0v) is 44.5. The summed E-state index contributed by atoms with van der Waals surface area (Å²) in [7, 11) is 0. The second kappa shape index (κ2) is 17.0. The lowest BCUT2D eigenvalue weighted by Crippen LogP contribution is -2.08. The van der Waals surface area contributed by atoms with Gasteiger partial charge in [0.25, 0.3) is 0 Å². The number of nitrogens with zero attached hydrogens (tertiary/aromatic N) is 9. The van der Waals surface area contributed by atoms with Crippen molar-refractivity contribution >= 4 is 34.1 Å². The number of rotatable bonds is 6. The smallest absolute Gasteiger partial charge is 0.106 e. The fourth-order valence-electron chi connectivity index (χ4n) is 14.0. The van der Waals surface area contributed by atoms with Gasteiger partial charge in [0.15, 0.2) is 0 Å². The van der Waals surface area contributed by atoms with Gasteiger partial charge in [-0.15, -0.1) is 10.2 Å². The Morgan fingerprint density at radius 2 is 0.512 bits per heavy atom. The molecule has 19 rings (SSSR count). The molecule has 0 amide bonds. The summed E-state index contributed by atoms with van der Waals surface area (Å²) in [6.45, 7) is 0. The first-order chi connectivity index (χ1) is 41.7. The van der Waals surface area contributed by atoms with Crippen LogP contribution in [0.15, 0.2) is 267 Å². The lowest BCUT2D eigenvalue weighted by Gasteiger charge is -2.24. The van der Waals surface area contributed by atoms with Crippen molar-refractivity contribution in [2.75, 3.05) is 0 Å². The van der Waals surface area contributed by atoms with E-state index in [0.29, 0.717) is 11.4 Å². The third-order valence-corrected chi connectivity index (χ3v) is 17.5. The molecule has 0 radical (unpaired) electrons. The maximum atomic E-state index is 5.53. The largest absolute Gasteiger partial charge is 0.248 e. The highest BCUT2D eigenvalue weighted by atomic mass is 15.3. The van der Waals surface area contributed by atoms with Crippen LogP contribution in [0.5, 0.6) is 0 Å². The Bertz CT molecular complexity index is 5720. The molecule has 0 fully saturated rings. The van der Waals surface area contributed by atoms with Crippen molar-refractivity contribution in [2.24, 2.45) is 30.0 Å². The van der Waals surface area contributed by atoms with E-state index in [9.17, 15) is 0 Å². The van der Waals surface area contributed by atoms with Gasteiger partial charge in [0.2, 0.25) is 0 Å². The zero-order chi connectivity index (χ0) is 54.7. The molecule has 0 aliphatic carbocycles. The molecule has 1 aromatic heterocycles. The van der Waals surface area contributed by atoms with E-state index in [-0.39, 0.29) is 0 Å². The average molecular weight is 1070 g/mol. The standard InChI is InChI=1S/C75H39N9/c1-4-16-40(17-5-1)43-28-34-55-64(67-58(76-55)37-31-49-46-22-10-13-25-52(46)79-71(49)67)61(43)70-74(62-44(41-18-6-2-7-19-41)29-35-56-65(62)68-59(77-56)38-32-50-47-23-11-14-26-53(47)80-72(50)68)82-84-83-75(70)63-45(42-20-8-3-9-21-42)30-36-57-66(63)69-60(78-57)39-33-51-48-24-12-15-27-54(48)81-73(51)69/h1-39H. The van der Waals surface area contributed by atoms with Gasteiger partial charge in [0.05, 0.1) is 66.3 Å². The van der Waals surface area contributed by atoms with Gasteiger partial charge in [-0.25, -0.2) is 30.0 Å². The van der Waals surface area contributed by atoms with Gasteiger partial charge in [0.1, 0.15) is 11.4 Å². The summed E-state index contributed by atoms with van der Waals surface area (Å²) in [5.74, 6) is 0. The highest BCUT2D eigenvalue weighted by Crippen LogP contribution is 2.59. The topological polar surface area (TPSA) is 113 Å². The van der Waals surface area contributed by atoms with Gasteiger partial charge in [-0.1, -0.05) is 164 Å². The summed E-state index contributed by atoms with van der Waals surface area (Å²) in [4.78, 5) is 32.9. The molecule has 0 unspecified atom stereocenters. The fourth-order valence-corrected chi connectivity index (χ4v) is 14.0. The van der Waals surface area contributed by atoms with Crippen molar-refractivity contribution in [3.05, 3.63) is 300 Å². The van der Waals surface area contributed by atoms with Crippen molar-refractivity contribution < 1.29 is 0 Å². The number of hydrogen-bond acceptors (Lipinski definition) is 9. The molecule has 6 aliphatic rings. The van der Waals surface area contributed by atoms with Gasteiger partial charge in [-0.2, -0.15) is 0 Å². The second-order valence-corrected chi connectivity index (χ2v) is 21.9. The maximum Gasteiger partial charge on any atom is 0.106 e. The summed E-state index contributed by atoms with van der Waals surface area (Å²) in [5.41, 5.74) is 21.3. The van der Waals surface area contributed by atoms with E-state index in [1.54, 1.807) is 0 Å². The monoisotopic (exact) mass is 1070 g/mol. The maximum absolute atomic E-state index is 5.53. The average Bonchev–Trinajstić information content (AvgIpc) is 2.07. The summed E-state index contributed by atoms with van der Waals surface area (Å²) in [5, 5.41) is 27.8. The quantitative estimate of drug-likeness (QED) is 0.165. The number of benzene rings is 12. The minimum Gasteiger partial charge on any atom is -0.248 e. The summed E-state index contributed by atoms with van der Waals surface area (Å²) < 4.78 is 0. The van der Waals surface area contributed by atoms with Crippen LogP contribution in [0.1, 0.15) is 0 Å². The van der Waals surface area contributed by atoms with Gasteiger partial charge in [-0.3, -0.25) is 0 Å². The van der Waals surface area contributed by atoms with Gasteiger partial charge < -0.3 is 0 Å². The number of para-hydroxylation sites is 3. The Labute approximate surface area is 477 Å². The van der Waals surface area contributed by atoms with Crippen LogP contribution in [0, 0.1) is 31.3 Å². The molecule has 0 N–H and O–H groups in total. The highest BCUT2D eigenvalue weighted by Gasteiger charge is 2.37. The molecule has 12 aromatic carbocycles. The van der Waals surface area contributed by atoms with Crippen LogP contribution in [0.3, 0.4) is 0 Å². The Balaban J connectivity index is 1.03. The molecule has 13 aromatic rings. The molecule has 0 saturated carbocycles. The Kier molecular flexibility index (Phi) is 9.15. The third kappa shape index (κ3) is 6.24. The minimum atomic E-state index is 0.626. The summed E-state index contributed by atoms with van der Waals surface area (Å²) in [6.07, 6.45) is 0. The van der Waals surface area contributed by atoms with E-state index in [4.69, 9.17) is 45.4 Å². The molecule has 9 nitrogen and oxygen atoms in total. The molecule has 0 spiro atoms. The van der Waals surface area contributed by atoms with Crippen LogP contribution in [-0.2, 0) is 0 Å². The molecule has 84 heavy (non-hydrogen) atoms. The Morgan fingerprint density at radius 1 is 0.190 bits per heavy atom. The lowest BCUT2D eigenvalue weighted by molar-refractivity contribution is 0.879. The normalized spacial score (nSPS) is 12.9. The van der Waals surface area contributed by atoms with Crippen molar-refractivity contribution in [2.45, 2.75) is 0 Å². The van der Waals surface area contributed by atoms with Crippen LogP contribution >= 0.6 is 0 Å². The number of aromatic nitrogens is 3. The van der Waals surface area contributed by atoms with E-state index in [1.165, 1.54) is 0 Å². The SMILES string of the molecule is c1ccc(-c2ccc3c(c2-c2nnnc(-c4c(-c5ccccc5)ccc5c4-c4c6c(ccc4=N5)=c4ccccc4=N6)c2-c2c(-c4ccccc4)ccc4c2-c2c5c(ccc2=N4)=c2ccccc2=N5)-c2c4c(ccc2=N3)=c2ccccc2=N4)cc1. The van der Waals surface area contributed by atoms with Crippen LogP contribution in [0.25, 0.3) is 100 Å². The molecule has 7 heterocycles. The minimum absolute atomic E-state index is 0.626. The Hall–Kier alpha value is -11.6. The highest BCUT2D eigenvalue weighted by molar-refractivity contribution is 6.15. The van der Waals surface area contributed by atoms with Crippen molar-refractivity contribution in [3.63, 3.8) is 0 Å². The van der Waals surface area contributed by atoms with E-state index >= 15 is 0 Å². The van der Waals surface area contributed by atoms with Gasteiger partial charge in [-0.05, 0) is 111 Å². The Morgan fingerprint density at radius 3 is 0.881 bits per heavy atom. The molecular weight excluding hydrogens is 1030 g/mol. The van der Waals surface area contributed by atoms with Gasteiger partial charge in [0, 0.05) is 86.9 Å². The fraction of sp³-hybridized carbons (Fsp3) is 0. The predicted octanol–water partition coefficient (Wildman–Crippen LogP) is 14.3. The van der Waals surface area contributed by atoms with E-state index in [2.05, 4.69) is 237 Å². The third-order valence-electron chi connectivity index (χ3n) is 17.5. The molecule has 0 saturated heterocycles. The van der Waals surface area contributed by atoms with E-state index in [1.807, 2.05) is 0 Å². The number of fused-ring (bicyclic) bond motifs is 18. The van der Waals surface area contributed by atoms with Crippen LogP contribution < -0.4 is 32.1 Å². The lowest BCUT2D eigenvalue weighted by atomic mass is 9.79. The first-order valence-corrected chi connectivity index (χ1v) is 28.2. The van der Waals surface area contributed by atoms with Crippen molar-refractivity contribution in [1.82, 2.24) is 15.4 Å². The molecule has 0 bridgehead atoms. The van der Waals surface area contributed by atoms with E-state index in [0.717, 1.165) is 187 Å². The molecular formula is C75H39N9. The predicted molar refractivity (Wildman–Crippen MR) is 326 cm³/mol. The van der Waals surface area contributed by atoms with Crippen molar-refractivity contribution in [1.29, 1.82) is 0 Å². The van der Waals surface area contributed by atoms with Gasteiger partial charge >= 0.3 is 0 Å². The van der Waals surface area contributed by atoms with Crippen molar-refractivity contribution in [3.8, 4) is 100 Å². The first-order valence-electron chi connectivity index (χ1n) is 28.2. The van der Waals surface area contributed by atoms with Crippen LogP contribution in [0.4, 0.5) is 34.1 Å². The summed E-state index contributed by atoms with van der Waals surface area (Å²) >= 11 is 0. The zero-order valence-electron chi connectivity index (χ0n) is 44.5. The molecule has 0 atom stereocenters. The van der Waals surface area contributed by atoms with Crippen LogP contribution in [-0.4, -0.2) is 15.4 Å². The van der Waals surface area contributed by atoms with Crippen LogP contribution in [0.2, 0.25) is 0 Å². The second-order valence-electron chi connectivity index (χ2n) is 21.9. The number of hydrogen-bond donors (Lipinski definition) is 0. The molecule has 9 heteroatoms.